The maximum atomic E-state index is 12.2. The van der Waals surface area contributed by atoms with Gasteiger partial charge in [0.2, 0.25) is 0 Å². The molecule has 2 saturated carbocycles. The number of carbonyl (C=O) groups excluding carboxylic acids is 1. The zero-order valence-electron chi connectivity index (χ0n) is 13.9. The van der Waals surface area contributed by atoms with Crippen LogP contribution in [0, 0.1) is 17.3 Å². The van der Waals surface area contributed by atoms with Gasteiger partial charge in [0, 0.05) is 24.2 Å². The number of ketones is 1. The number of carbonyl (C=O) groups is 1. The Hall–Kier alpha value is -0.450. The average Bonchev–Trinajstić information content (AvgIpc) is 2.74. The first-order chi connectivity index (χ1) is 10.3. The molecule has 1 saturated heterocycles. The number of hydrogen-bond donors (Lipinski definition) is 2. The van der Waals surface area contributed by atoms with Gasteiger partial charge in [-0.25, -0.2) is 0 Å². The Morgan fingerprint density at radius 1 is 1.27 bits per heavy atom. The summed E-state index contributed by atoms with van der Waals surface area (Å²) in [5.74, 6) is -0.232. The molecule has 2 aliphatic carbocycles. The zero-order chi connectivity index (χ0) is 16.0. The molecule has 0 bridgehead atoms. The Bertz CT molecular complexity index is 435. The highest BCUT2D eigenvalue weighted by atomic mass is 16.6. The van der Waals surface area contributed by atoms with Crippen LogP contribution in [-0.2, 0) is 9.53 Å². The number of aliphatic hydroxyl groups excluding tert-OH is 1. The largest absolute Gasteiger partial charge is 0.393 e. The van der Waals surface area contributed by atoms with Crippen molar-refractivity contribution >= 4 is 5.78 Å². The van der Waals surface area contributed by atoms with E-state index in [-0.39, 0.29) is 29.5 Å². The van der Waals surface area contributed by atoms with Gasteiger partial charge in [0.05, 0.1) is 12.2 Å². The molecule has 3 fully saturated rings. The molecule has 3 aliphatic rings. The van der Waals surface area contributed by atoms with E-state index in [0.717, 1.165) is 44.9 Å². The lowest BCUT2D eigenvalue weighted by Gasteiger charge is -2.53. The monoisotopic (exact) mass is 310 g/mol. The van der Waals surface area contributed by atoms with Gasteiger partial charge >= 0.3 is 0 Å². The fraction of sp³-hybridized carbons (Fsp3) is 0.944. The van der Waals surface area contributed by atoms with E-state index in [9.17, 15) is 15.0 Å². The van der Waals surface area contributed by atoms with Gasteiger partial charge in [-0.3, -0.25) is 4.79 Å². The van der Waals surface area contributed by atoms with Crippen LogP contribution >= 0.6 is 0 Å². The first kappa shape index (κ1) is 16.4. The van der Waals surface area contributed by atoms with Crippen LogP contribution in [0.1, 0.15) is 71.6 Å². The predicted molar refractivity (Wildman–Crippen MR) is 83.2 cm³/mol. The van der Waals surface area contributed by atoms with Gasteiger partial charge in [0.1, 0.15) is 5.78 Å². The van der Waals surface area contributed by atoms with E-state index >= 15 is 0 Å². The summed E-state index contributed by atoms with van der Waals surface area (Å²) in [6, 6.07) is 0. The van der Waals surface area contributed by atoms with Crippen LogP contribution in [0.25, 0.3) is 0 Å². The molecule has 1 heterocycles. The predicted octanol–water partition coefficient (Wildman–Crippen LogP) is 2.80. The molecule has 0 aromatic carbocycles. The van der Waals surface area contributed by atoms with Crippen molar-refractivity contribution in [1.29, 1.82) is 0 Å². The average molecular weight is 310 g/mol. The lowest BCUT2D eigenvalue weighted by Crippen LogP contribution is -2.57. The van der Waals surface area contributed by atoms with Crippen molar-refractivity contribution in [2.24, 2.45) is 17.3 Å². The summed E-state index contributed by atoms with van der Waals surface area (Å²) in [6.45, 7) is 3.91. The standard InChI is InChI=1S/C18H30O4/c1-12(19)4-3-5-13-6-7-15-14-8-9-16(20)17(14,2)10-11-18(15,21)22-13/h12-15,19,21H,3-11H2,1-2H3. The second-order valence-corrected chi connectivity index (χ2v) is 8.03. The molecule has 6 atom stereocenters. The van der Waals surface area contributed by atoms with Crippen LogP contribution in [0.2, 0.25) is 0 Å². The fourth-order valence-electron chi connectivity index (χ4n) is 5.14. The summed E-state index contributed by atoms with van der Waals surface area (Å²) >= 11 is 0. The molecule has 126 valence electrons. The van der Waals surface area contributed by atoms with Gasteiger partial charge in [-0.15, -0.1) is 0 Å². The van der Waals surface area contributed by atoms with Crippen molar-refractivity contribution in [3.05, 3.63) is 0 Å². The third-order valence-corrected chi connectivity index (χ3v) is 6.52. The Kier molecular flexibility index (Phi) is 4.39. The Balaban J connectivity index is 1.64. The number of fused-ring (bicyclic) bond motifs is 3. The minimum Gasteiger partial charge on any atom is -0.393 e. The molecular weight excluding hydrogens is 280 g/mol. The number of ether oxygens (including phenoxy) is 1. The number of hydrogen-bond acceptors (Lipinski definition) is 4. The zero-order valence-corrected chi connectivity index (χ0v) is 13.9. The maximum Gasteiger partial charge on any atom is 0.168 e. The van der Waals surface area contributed by atoms with Crippen molar-refractivity contribution in [2.45, 2.75) is 89.6 Å². The van der Waals surface area contributed by atoms with E-state index in [0.29, 0.717) is 18.6 Å². The number of rotatable bonds is 4. The highest BCUT2D eigenvalue weighted by Gasteiger charge is 2.60. The van der Waals surface area contributed by atoms with Gasteiger partial charge in [0.15, 0.2) is 5.79 Å². The van der Waals surface area contributed by atoms with Crippen molar-refractivity contribution < 1.29 is 19.7 Å². The smallest absolute Gasteiger partial charge is 0.168 e. The van der Waals surface area contributed by atoms with Crippen molar-refractivity contribution in [2.75, 3.05) is 0 Å². The third-order valence-electron chi connectivity index (χ3n) is 6.52. The van der Waals surface area contributed by atoms with Crippen LogP contribution in [0.4, 0.5) is 0 Å². The second kappa shape index (κ2) is 5.88. The molecule has 2 N–H and O–H groups in total. The van der Waals surface area contributed by atoms with E-state index in [4.69, 9.17) is 4.74 Å². The molecule has 4 nitrogen and oxygen atoms in total. The maximum absolute atomic E-state index is 12.2. The quantitative estimate of drug-likeness (QED) is 0.838. The fourth-order valence-corrected chi connectivity index (χ4v) is 5.14. The summed E-state index contributed by atoms with van der Waals surface area (Å²) in [6.07, 6.45) is 7.31. The highest BCUT2D eigenvalue weighted by Crippen LogP contribution is 2.58. The lowest BCUT2D eigenvalue weighted by molar-refractivity contribution is -0.315. The second-order valence-electron chi connectivity index (χ2n) is 8.03. The molecule has 0 aromatic rings. The molecule has 6 unspecified atom stereocenters. The van der Waals surface area contributed by atoms with E-state index in [1.807, 2.05) is 6.92 Å². The molecule has 0 aromatic heterocycles. The summed E-state index contributed by atoms with van der Waals surface area (Å²) in [7, 11) is 0. The van der Waals surface area contributed by atoms with Crippen LogP contribution in [-0.4, -0.2) is 34.0 Å². The lowest BCUT2D eigenvalue weighted by atomic mass is 9.59. The molecule has 4 heteroatoms. The topological polar surface area (TPSA) is 66.8 Å². The van der Waals surface area contributed by atoms with Gasteiger partial charge in [0.25, 0.3) is 0 Å². The molecule has 22 heavy (non-hydrogen) atoms. The van der Waals surface area contributed by atoms with Gasteiger partial charge in [-0.05, 0) is 57.8 Å². The van der Waals surface area contributed by atoms with Crippen LogP contribution in [0.5, 0.6) is 0 Å². The first-order valence-corrected chi connectivity index (χ1v) is 8.97. The van der Waals surface area contributed by atoms with Gasteiger partial charge in [-0.1, -0.05) is 6.92 Å². The molecular formula is C18H30O4. The summed E-state index contributed by atoms with van der Waals surface area (Å²) in [5, 5.41) is 20.4. The Morgan fingerprint density at radius 3 is 2.77 bits per heavy atom. The third kappa shape index (κ3) is 2.74. The number of Topliss-reactive ketones (excluding diaryl/α,β-unsaturated/α-hetero) is 1. The minimum atomic E-state index is -1.03. The SMILES string of the molecule is CC(O)CCCC1CCC2C3CCC(=O)C3(C)CCC2(O)O1. The normalized spacial score (nSPS) is 46.2. The van der Waals surface area contributed by atoms with Gasteiger partial charge < -0.3 is 14.9 Å². The van der Waals surface area contributed by atoms with E-state index < -0.39 is 5.79 Å². The van der Waals surface area contributed by atoms with Gasteiger partial charge in [-0.2, -0.15) is 0 Å². The molecule has 0 spiro atoms. The molecule has 0 amide bonds. The van der Waals surface area contributed by atoms with Crippen molar-refractivity contribution in [1.82, 2.24) is 0 Å². The summed E-state index contributed by atoms with van der Waals surface area (Å²) in [5.41, 5.74) is -0.223. The molecule has 0 radical (unpaired) electrons. The van der Waals surface area contributed by atoms with Crippen LogP contribution in [0.3, 0.4) is 0 Å². The Morgan fingerprint density at radius 2 is 2.05 bits per heavy atom. The highest BCUT2D eigenvalue weighted by molar-refractivity contribution is 5.87. The molecule has 1 aliphatic heterocycles. The minimum absolute atomic E-state index is 0.0986. The van der Waals surface area contributed by atoms with E-state index in [1.165, 1.54) is 0 Å². The summed E-state index contributed by atoms with van der Waals surface area (Å²) < 4.78 is 6.11. The van der Waals surface area contributed by atoms with Crippen LogP contribution in [0.15, 0.2) is 0 Å². The summed E-state index contributed by atoms with van der Waals surface area (Å²) in [4.78, 5) is 12.2. The number of aliphatic hydroxyl groups is 2. The van der Waals surface area contributed by atoms with E-state index in [1.54, 1.807) is 0 Å². The Labute approximate surface area is 133 Å². The van der Waals surface area contributed by atoms with Crippen LogP contribution < -0.4 is 0 Å². The molecule has 3 rings (SSSR count). The van der Waals surface area contributed by atoms with Crippen molar-refractivity contribution in [3.8, 4) is 0 Å². The van der Waals surface area contributed by atoms with E-state index in [2.05, 4.69) is 6.92 Å². The van der Waals surface area contributed by atoms with Crippen molar-refractivity contribution in [3.63, 3.8) is 0 Å². The first-order valence-electron chi connectivity index (χ1n) is 8.97.